The number of nitrogens with one attached hydrogen (secondary N) is 2. The average Bonchev–Trinajstić information content (AvgIpc) is 2.81. The molecule has 1 unspecified atom stereocenters. The zero-order valence-corrected chi connectivity index (χ0v) is 19.0. The molecule has 0 saturated carbocycles. The third-order valence-corrected chi connectivity index (χ3v) is 5.80. The molecule has 0 bridgehead atoms. The highest BCUT2D eigenvalue weighted by Gasteiger charge is 2.29. The Labute approximate surface area is 198 Å². The summed E-state index contributed by atoms with van der Waals surface area (Å²) in [6.45, 7) is 2.10. The van der Waals surface area contributed by atoms with E-state index in [1.165, 1.54) is 9.47 Å². The Hall–Kier alpha value is -4.25. The maximum atomic E-state index is 13.6. The SMILES string of the molecule is CC(Nc1nc(N)nc2c1C(=O)N(C)CN2)c1nc2cccc(Cl)c2c(=O)n1-c1cccnc1. The van der Waals surface area contributed by atoms with Crippen LogP contribution < -0.4 is 21.9 Å². The summed E-state index contributed by atoms with van der Waals surface area (Å²) in [5.41, 5.74) is 6.78. The number of anilines is 3. The first-order chi connectivity index (χ1) is 16.3. The standard InChI is InChI=1S/C22H20ClN9O2/c1-11(27-18-16-17(29-22(24)30-18)26-10-31(2)20(16)33)19-28-14-7-3-6-13(23)15(14)21(34)32(19)12-5-4-8-25-9-12/h3-9,11H,10H2,1-2H3,(H4,24,26,27,29,30). The molecule has 0 saturated heterocycles. The summed E-state index contributed by atoms with van der Waals surface area (Å²) in [7, 11) is 1.66. The second kappa shape index (κ2) is 8.27. The van der Waals surface area contributed by atoms with Crippen molar-refractivity contribution in [3.05, 3.63) is 69.5 Å². The largest absolute Gasteiger partial charge is 0.368 e. The molecule has 1 aromatic carbocycles. The Kier molecular flexibility index (Phi) is 5.25. The van der Waals surface area contributed by atoms with Gasteiger partial charge in [0.25, 0.3) is 11.5 Å². The second-order valence-corrected chi connectivity index (χ2v) is 8.22. The summed E-state index contributed by atoms with van der Waals surface area (Å²) in [5, 5.41) is 6.86. The van der Waals surface area contributed by atoms with Gasteiger partial charge in [-0.25, -0.2) is 4.98 Å². The molecule has 172 valence electrons. The molecule has 12 heteroatoms. The molecule has 11 nitrogen and oxygen atoms in total. The van der Waals surface area contributed by atoms with E-state index in [9.17, 15) is 9.59 Å². The van der Waals surface area contributed by atoms with Crippen LogP contribution in [-0.4, -0.2) is 49.0 Å². The lowest BCUT2D eigenvalue weighted by Gasteiger charge is -2.28. The maximum absolute atomic E-state index is 13.6. The van der Waals surface area contributed by atoms with Crippen molar-refractivity contribution in [2.45, 2.75) is 13.0 Å². The highest BCUT2D eigenvalue weighted by Crippen LogP contribution is 2.30. The van der Waals surface area contributed by atoms with Gasteiger partial charge in [-0.15, -0.1) is 0 Å². The lowest BCUT2D eigenvalue weighted by Crippen LogP contribution is -2.38. The van der Waals surface area contributed by atoms with Crippen LogP contribution in [0.2, 0.25) is 5.02 Å². The molecular formula is C22H20ClN9O2. The van der Waals surface area contributed by atoms with Crippen LogP contribution in [0.25, 0.3) is 16.6 Å². The number of halogens is 1. The molecule has 4 aromatic rings. The zero-order chi connectivity index (χ0) is 24.0. The van der Waals surface area contributed by atoms with Gasteiger partial charge in [-0.3, -0.25) is 19.1 Å². The molecule has 0 spiro atoms. The topological polar surface area (TPSA) is 144 Å². The molecule has 1 aliphatic rings. The summed E-state index contributed by atoms with van der Waals surface area (Å²) in [5.74, 6) is 0.696. The second-order valence-electron chi connectivity index (χ2n) is 7.81. The van der Waals surface area contributed by atoms with E-state index in [2.05, 4.69) is 25.6 Å². The summed E-state index contributed by atoms with van der Waals surface area (Å²) in [6.07, 6.45) is 3.18. The first-order valence-corrected chi connectivity index (χ1v) is 10.8. The molecule has 1 aliphatic heterocycles. The van der Waals surface area contributed by atoms with Gasteiger partial charge in [0.15, 0.2) is 0 Å². The quantitative estimate of drug-likeness (QED) is 0.403. The van der Waals surface area contributed by atoms with Crippen molar-refractivity contribution < 1.29 is 4.79 Å². The fraction of sp³-hybridized carbons (Fsp3) is 0.182. The molecule has 5 rings (SSSR count). The number of hydrogen-bond acceptors (Lipinski definition) is 9. The van der Waals surface area contributed by atoms with Crippen molar-refractivity contribution in [3.8, 4) is 5.69 Å². The van der Waals surface area contributed by atoms with Crippen LogP contribution in [0.1, 0.15) is 29.1 Å². The van der Waals surface area contributed by atoms with Gasteiger partial charge < -0.3 is 21.3 Å². The number of fused-ring (bicyclic) bond motifs is 2. The lowest BCUT2D eigenvalue weighted by atomic mass is 10.1. The van der Waals surface area contributed by atoms with E-state index in [-0.39, 0.29) is 28.8 Å². The molecule has 3 aromatic heterocycles. The van der Waals surface area contributed by atoms with Crippen molar-refractivity contribution in [2.24, 2.45) is 0 Å². The third kappa shape index (κ3) is 3.55. The van der Waals surface area contributed by atoms with Gasteiger partial charge >= 0.3 is 0 Å². The number of nitrogens with zero attached hydrogens (tertiary/aromatic N) is 6. The maximum Gasteiger partial charge on any atom is 0.267 e. The van der Waals surface area contributed by atoms with Crippen molar-refractivity contribution in [2.75, 3.05) is 30.1 Å². The molecule has 4 N–H and O–H groups in total. The van der Waals surface area contributed by atoms with Crippen molar-refractivity contribution in [3.63, 3.8) is 0 Å². The van der Waals surface area contributed by atoms with Crippen molar-refractivity contribution in [1.29, 1.82) is 0 Å². The summed E-state index contributed by atoms with van der Waals surface area (Å²) < 4.78 is 1.45. The zero-order valence-electron chi connectivity index (χ0n) is 18.3. The van der Waals surface area contributed by atoms with Crippen molar-refractivity contribution >= 4 is 46.0 Å². The van der Waals surface area contributed by atoms with Crippen LogP contribution in [-0.2, 0) is 0 Å². The molecule has 1 atom stereocenters. The number of amides is 1. The van der Waals surface area contributed by atoms with E-state index < -0.39 is 6.04 Å². The highest BCUT2D eigenvalue weighted by molar-refractivity contribution is 6.35. The number of rotatable bonds is 4. The Morgan fingerprint density at radius 3 is 2.76 bits per heavy atom. The van der Waals surface area contributed by atoms with E-state index in [1.807, 2.05) is 0 Å². The molecule has 0 radical (unpaired) electrons. The Balaban J connectivity index is 1.68. The van der Waals surface area contributed by atoms with Gasteiger partial charge in [-0.1, -0.05) is 17.7 Å². The van der Waals surface area contributed by atoms with Gasteiger partial charge in [0, 0.05) is 13.2 Å². The lowest BCUT2D eigenvalue weighted by molar-refractivity contribution is 0.0796. The minimum Gasteiger partial charge on any atom is -0.368 e. The highest BCUT2D eigenvalue weighted by atomic mass is 35.5. The first kappa shape index (κ1) is 21.6. The number of carbonyl (C=O) groups is 1. The molecule has 0 aliphatic carbocycles. The predicted molar refractivity (Wildman–Crippen MR) is 129 cm³/mol. The fourth-order valence-corrected chi connectivity index (χ4v) is 4.12. The van der Waals surface area contributed by atoms with Gasteiger partial charge in [0.2, 0.25) is 5.95 Å². The fourth-order valence-electron chi connectivity index (χ4n) is 3.87. The molecule has 1 amide bonds. The summed E-state index contributed by atoms with van der Waals surface area (Å²) in [4.78, 5) is 45.2. The normalized spacial score (nSPS) is 14.0. The number of aromatic nitrogens is 5. The van der Waals surface area contributed by atoms with Crippen LogP contribution in [0.3, 0.4) is 0 Å². The Bertz CT molecular complexity index is 1490. The first-order valence-electron chi connectivity index (χ1n) is 10.4. The smallest absolute Gasteiger partial charge is 0.267 e. The van der Waals surface area contributed by atoms with Crippen LogP contribution in [0, 0.1) is 0 Å². The van der Waals surface area contributed by atoms with Crippen LogP contribution in [0.5, 0.6) is 0 Å². The van der Waals surface area contributed by atoms with E-state index in [1.54, 1.807) is 56.7 Å². The number of hydrogen-bond donors (Lipinski definition) is 3. The monoisotopic (exact) mass is 477 g/mol. The average molecular weight is 478 g/mol. The van der Waals surface area contributed by atoms with Crippen LogP contribution >= 0.6 is 11.6 Å². The van der Waals surface area contributed by atoms with Gasteiger partial charge in [0.1, 0.15) is 23.0 Å². The summed E-state index contributed by atoms with van der Waals surface area (Å²) >= 11 is 6.35. The minimum atomic E-state index is -0.574. The summed E-state index contributed by atoms with van der Waals surface area (Å²) in [6, 6.07) is 8.00. The van der Waals surface area contributed by atoms with E-state index >= 15 is 0 Å². The van der Waals surface area contributed by atoms with E-state index in [0.717, 1.165) is 0 Å². The minimum absolute atomic E-state index is 0.00112. The molecule has 0 fully saturated rings. The van der Waals surface area contributed by atoms with Gasteiger partial charge in [-0.05, 0) is 31.2 Å². The van der Waals surface area contributed by atoms with Crippen LogP contribution in [0.15, 0.2) is 47.5 Å². The van der Waals surface area contributed by atoms with Gasteiger partial charge in [-0.2, -0.15) is 9.97 Å². The Morgan fingerprint density at radius 1 is 1.18 bits per heavy atom. The number of benzene rings is 1. The number of pyridine rings is 1. The van der Waals surface area contributed by atoms with Gasteiger partial charge in [0.05, 0.1) is 40.5 Å². The molecule has 34 heavy (non-hydrogen) atoms. The Morgan fingerprint density at radius 2 is 2.00 bits per heavy atom. The molecule has 4 heterocycles. The number of nitrogen functional groups attached to an aromatic ring is 1. The number of nitrogens with two attached hydrogens (primary N) is 1. The van der Waals surface area contributed by atoms with Crippen molar-refractivity contribution in [1.82, 2.24) is 29.4 Å². The predicted octanol–water partition coefficient (Wildman–Crippen LogP) is 2.43. The molecular weight excluding hydrogens is 458 g/mol. The number of carbonyl (C=O) groups excluding carboxylic acids is 1. The third-order valence-electron chi connectivity index (χ3n) is 5.49. The van der Waals surface area contributed by atoms with E-state index in [4.69, 9.17) is 22.3 Å². The van der Waals surface area contributed by atoms with E-state index in [0.29, 0.717) is 39.9 Å². The van der Waals surface area contributed by atoms with Crippen LogP contribution in [0.4, 0.5) is 17.6 Å².